The summed E-state index contributed by atoms with van der Waals surface area (Å²) in [6.45, 7) is 7.65. The van der Waals surface area contributed by atoms with Crippen molar-refractivity contribution in [1.82, 2.24) is 14.5 Å². The van der Waals surface area contributed by atoms with Crippen LogP contribution in [0.3, 0.4) is 0 Å². The van der Waals surface area contributed by atoms with Crippen LogP contribution in [0.15, 0.2) is 30.5 Å². The van der Waals surface area contributed by atoms with Gasteiger partial charge in [0.2, 0.25) is 0 Å². The molecule has 144 valence electrons. The van der Waals surface area contributed by atoms with Crippen molar-refractivity contribution in [3.63, 3.8) is 0 Å². The fourth-order valence-electron chi connectivity index (χ4n) is 4.00. The van der Waals surface area contributed by atoms with Gasteiger partial charge in [0, 0.05) is 29.7 Å². The lowest BCUT2D eigenvalue weighted by atomic mass is 9.97. The van der Waals surface area contributed by atoms with Crippen LogP contribution in [-0.4, -0.2) is 45.0 Å². The summed E-state index contributed by atoms with van der Waals surface area (Å²) in [5.41, 5.74) is 2.11. The molecular weight excluding hydrogens is 342 g/mol. The molecule has 0 saturated carbocycles. The van der Waals surface area contributed by atoms with Crippen molar-refractivity contribution >= 4 is 11.9 Å². The van der Waals surface area contributed by atoms with Crippen LogP contribution in [0.25, 0.3) is 5.82 Å². The number of rotatable bonds is 4. The number of carbonyl (C=O) groups is 2. The minimum absolute atomic E-state index is 0.124. The number of aromatic nitrogens is 2. The quantitative estimate of drug-likeness (QED) is 0.775. The summed E-state index contributed by atoms with van der Waals surface area (Å²) in [7, 11) is 0. The molecule has 2 atom stereocenters. The average Bonchev–Trinajstić information content (AvgIpc) is 2.94. The first-order valence-electron chi connectivity index (χ1n) is 9.48. The number of hydrogen-bond acceptors (Lipinski definition) is 4. The minimum atomic E-state index is -0.476. The summed E-state index contributed by atoms with van der Waals surface area (Å²) in [5.74, 6) is 0.149. The Balaban J connectivity index is 1.71. The standard InChI is InChI=1S/C21H27N3O3/c1-14-8-7-9-15(2)23(14)20(25)13-27-21(26)18-12-16(3)24(17(18)4)19-10-5-6-11-22-19/h5-6,10-12,14-15H,7-9,13H2,1-4H3/t14-,15-/m1/s1. The van der Waals surface area contributed by atoms with Gasteiger partial charge in [0.05, 0.1) is 5.56 Å². The minimum Gasteiger partial charge on any atom is -0.452 e. The molecule has 27 heavy (non-hydrogen) atoms. The Morgan fingerprint density at radius 3 is 2.52 bits per heavy atom. The third kappa shape index (κ3) is 3.89. The van der Waals surface area contributed by atoms with Gasteiger partial charge in [0.15, 0.2) is 6.61 Å². The van der Waals surface area contributed by atoms with Crippen molar-refractivity contribution in [2.45, 2.75) is 59.0 Å². The van der Waals surface area contributed by atoms with Crippen LogP contribution in [-0.2, 0) is 9.53 Å². The number of nitrogens with zero attached hydrogens (tertiary/aromatic N) is 3. The zero-order valence-corrected chi connectivity index (χ0v) is 16.4. The molecule has 2 aromatic heterocycles. The van der Waals surface area contributed by atoms with E-state index in [1.54, 1.807) is 12.3 Å². The summed E-state index contributed by atoms with van der Waals surface area (Å²) in [5, 5.41) is 0. The molecule has 0 radical (unpaired) electrons. The number of likely N-dealkylation sites (tertiary alicyclic amines) is 1. The Hall–Kier alpha value is -2.63. The molecule has 6 nitrogen and oxygen atoms in total. The summed E-state index contributed by atoms with van der Waals surface area (Å²) in [4.78, 5) is 31.4. The van der Waals surface area contributed by atoms with Crippen LogP contribution in [0.4, 0.5) is 0 Å². The van der Waals surface area contributed by atoms with Gasteiger partial charge in [-0.2, -0.15) is 0 Å². The van der Waals surface area contributed by atoms with Gasteiger partial charge in [-0.15, -0.1) is 0 Å². The van der Waals surface area contributed by atoms with Crippen LogP contribution in [0.2, 0.25) is 0 Å². The van der Waals surface area contributed by atoms with Gasteiger partial charge >= 0.3 is 5.97 Å². The number of amides is 1. The number of hydrogen-bond donors (Lipinski definition) is 0. The molecule has 0 aromatic carbocycles. The summed E-state index contributed by atoms with van der Waals surface area (Å²) in [6.07, 6.45) is 4.84. The SMILES string of the molecule is Cc1cc(C(=O)OCC(=O)N2[C@H](C)CCC[C@H]2C)c(C)n1-c1ccccn1. The van der Waals surface area contributed by atoms with E-state index < -0.39 is 5.97 Å². The van der Waals surface area contributed by atoms with E-state index in [2.05, 4.69) is 18.8 Å². The van der Waals surface area contributed by atoms with Crippen molar-refractivity contribution in [2.24, 2.45) is 0 Å². The number of carbonyl (C=O) groups excluding carboxylic acids is 2. The molecule has 3 rings (SSSR count). The maximum atomic E-state index is 12.6. The second-order valence-electron chi connectivity index (χ2n) is 7.31. The van der Waals surface area contributed by atoms with E-state index in [1.165, 1.54) is 0 Å². The van der Waals surface area contributed by atoms with E-state index in [9.17, 15) is 9.59 Å². The fourth-order valence-corrected chi connectivity index (χ4v) is 4.00. The van der Waals surface area contributed by atoms with Crippen molar-refractivity contribution < 1.29 is 14.3 Å². The van der Waals surface area contributed by atoms with E-state index in [0.717, 1.165) is 36.5 Å². The summed E-state index contributed by atoms with van der Waals surface area (Å²) in [6, 6.07) is 7.80. The van der Waals surface area contributed by atoms with Gasteiger partial charge < -0.3 is 14.2 Å². The first-order chi connectivity index (χ1) is 12.9. The number of esters is 1. The second kappa shape index (κ2) is 7.94. The van der Waals surface area contributed by atoms with Crippen molar-refractivity contribution in [2.75, 3.05) is 6.61 Å². The Morgan fingerprint density at radius 1 is 1.19 bits per heavy atom. The first kappa shape index (κ1) is 19.1. The molecule has 2 aromatic rings. The third-order valence-corrected chi connectivity index (χ3v) is 5.34. The van der Waals surface area contributed by atoms with Crippen LogP contribution in [0.5, 0.6) is 0 Å². The lowest BCUT2D eigenvalue weighted by molar-refractivity contribution is -0.140. The predicted molar refractivity (Wildman–Crippen MR) is 103 cm³/mol. The van der Waals surface area contributed by atoms with Gasteiger partial charge in [0.25, 0.3) is 5.91 Å². The highest BCUT2D eigenvalue weighted by Crippen LogP contribution is 2.23. The third-order valence-electron chi connectivity index (χ3n) is 5.34. The van der Waals surface area contributed by atoms with E-state index in [1.807, 2.05) is 41.5 Å². The average molecular weight is 369 g/mol. The molecule has 1 aliphatic heterocycles. The van der Waals surface area contributed by atoms with Gasteiger partial charge in [-0.1, -0.05) is 6.07 Å². The lowest BCUT2D eigenvalue weighted by Crippen LogP contribution is -2.49. The molecule has 1 aliphatic rings. The Kier molecular flexibility index (Phi) is 5.63. The zero-order valence-electron chi connectivity index (χ0n) is 16.4. The van der Waals surface area contributed by atoms with E-state index in [4.69, 9.17) is 4.74 Å². The lowest BCUT2D eigenvalue weighted by Gasteiger charge is -2.38. The first-order valence-corrected chi connectivity index (χ1v) is 9.48. The zero-order chi connectivity index (χ0) is 19.6. The maximum Gasteiger partial charge on any atom is 0.340 e. The second-order valence-corrected chi connectivity index (χ2v) is 7.31. The molecule has 0 N–H and O–H groups in total. The number of ether oxygens (including phenoxy) is 1. The number of piperidine rings is 1. The van der Waals surface area contributed by atoms with Gasteiger partial charge in [0.1, 0.15) is 5.82 Å². The van der Waals surface area contributed by atoms with E-state index in [0.29, 0.717) is 5.56 Å². The fraction of sp³-hybridized carbons (Fsp3) is 0.476. The van der Waals surface area contributed by atoms with Crippen molar-refractivity contribution in [1.29, 1.82) is 0 Å². The highest BCUT2D eigenvalue weighted by atomic mass is 16.5. The van der Waals surface area contributed by atoms with Crippen LogP contribution in [0.1, 0.15) is 54.9 Å². The van der Waals surface area contributed by atoms with Crippen LogP contribution >= 0.6 is 0 Å². The van der Waals surface area contributed by atoms with Crippen molar-refractivity contribution in [3.8, 4) is 5.82 Å². The molecule has 0 bridgehead atoms. The van der Waals surface area contributed by atoms with Gasteiger partial charge in [-0.25, -0.2) is 9.78 Å². The number of aryl methyl sites for hydroxylation is 1. The smallest absolute Gasteiger partial charge is 0.340 e. The molecule has 1 amide bonds. The molecule has 0 aliphatic carbocycles. The molecule has 1 fully saturated rings. The van der Waals surface area contributed by atoms with Crippen molar-refractivity contribution in [3.05, 3.63) is 47.4 Å². The number of pyridine rings is 1. The molecule has 0 unspecified atom stereocenters. The highest BCUT2D eigenvalue weighted by molar-refractivity contribution is 5.93. The van der Waals surface area contributed by atoms with Gasteiger partial charge in [-0.05, 0) is 65.2 Å². The molecular formula is C21H27N3O3. The van der Waals surface area contributed by atoms with Crippen LogP contribution < -0.4 is 0 Å². The molecule has 1 saturated heterocycles. The maximum absolute atomic E-state index is 12.6. The Labute approximate surface area is 160 Å². The normalized spacial score (nSPS) is 19.8. The predicted octanol–water partition coefficient (Wildman–Crippen LogP) is 3.44. The summed E-state index contributed by atoms with van der Waals surface area (Å²) >= 11 is 0. The molecule has 3 heterocycles. The van der Waals surface area contributed by atoms with Crippen LogP contribution in [0, 0.1) is 13.8 Å². The molecule has 0 spiro atoms. The van der Waals surface area contributed by atoms with E-state index in [-0.39, 0.29) is 24.6 Å². The topological polar surface area (TPSA) is 64.4 Å². The van der Waals surface area contributed by atoms with E-state index >= 15 is 0 Å². The highest BCUT2D eigenvalue weighted by Gasteiger charge is 2.29. The molecule has 6 heteroatoms. The largest absolute Gasteiger partial charge is 0.452 e. The Bertz CT molecular complexity index is 819. The van der Waals surface area contributed by atoms with Gasteiger partial charge in [-0.3, -0.25) is 4.79 Å². The Morgan fingerprint density at radius 2 is 1.89 bits per heavy atom. The summed E-state index contributed by atoms with van der Waals surface area (Å²) < 4.78 is 7.27. The monoisotopic (exact) mass is 369 g/mol.